The Morgan fingerprint density at radius 3 is 2.45 bits per heavy atom. The Morgan fingerprint density at radius 1 is 1.24 bits per heavy atom. The van der Waals surface area contributed by atoms with E-state index >= 15 is 0 Å². The molecule has 3 rings (SSSR count). The van der Waals surface area contributed by atoms with Gasteiger partial charge in [0.05, 0.1) is 12.5 Å². The van der Waals surface area contributed by atoms with Crippen LogP contribution in [0.4, 0.5) is 0 Å². The van der Waals surface area contributed by atoms with Crippen molar-refractivity contribution >= 4 is 29.1 Å². The summed E-state index contributed by atoms with van der Waals surface area (Å²) in [6, 6.07) is -0.517. The van der Waals surface area contributed by atoms with Gasteiger partial charge in [-0.2, -0.15) is 0 Å². The van der Waals surface area contributed by atoms with Crippen molar-refractivity contribution in [1.82, 2.24) is 10.2 Å². The maximum absolute atomic E-state index is 13.4. The van der Waals surface area contributed by atoms with Crippen LogP contribution in [-0.4, -0.2) is 53.6 Å². The van der Waals surface area contributed by atoms with Gasteiger partial charge in [-0.05, 0) is 55.1 Å². The van der Waals surface area contributed by atoms with Crippen molar-refractivity contribution in [3.05, 3.63) is 35.4 Å². The highest BCUT2D eigenvalue weighted by Crippen LogP contribution is 2.43. The van der Waals surface area contributed by atoms with Crippen LogP contribution in [0.15, 0.2) is 40.4 Å². The molecule has 7 heteroatoms. The van der Waals surface area contributed by atoms with Gasteiger partial charge in [-0.15, -0.1) is 0 Å². The largest absolute Gasteiger partial charge is 0.412 e. The molecule has 0 spiro atoms. The van der Waals surface area contributed by atoms with Gasteiger partial charge in [0.25, 0.3) is 0 Å². The third-order valence-electron chi connectivity index (χ3n) is 6.90. The van der Waals surface area contributed by atoms with Crippen molar-refractivity contribution in [2.45, 2.75) is 60.9 Å². The second kappa shape index (κ2) is 12.0. The molecule has 0 aromatic carbocycles. The molecule has 0 bridgehead atoms. The zero-order valence-electron chi connectivity index (χ0n) is 19.9. The van der Waals surface area contributed by atoms with Gasteiger partial charge in [0.2, 0.25) is 11.8 Å². The number of halogens is 1. The van der Waals surface area contributed by atoms with E-state index in [1.54, 1.807) is 0 Å². The van der Waals surface area contributed by atoms with Gasteiger partial charge in [0.1, 0.15) is 6.04 Å². The molecular formula is C26H42ClN3O3. The van der Waals surface area contributed by atoms with Gasteiger partial charge >= 0.3 is 0 Å². The minimum atomic E-state index is -0.517. The maximum atomic E-state index is 13.4. The topological polar surface area (TPSA) is 93.3 Å². The first-order valence-electron chi connectivity index (χ1n) is 11.4. The quantitative estimate of drug-likeness (QED) is 0.641. The highest BCUT2D eigenvalue weighted by Gasteiger charge is 2.42. The Labute approximate surface area is 204 Å². The molecule has 0 saturated carbocycles. The molecule has 2 unspecified atom stereocenters. The van der Waals surface area contributed by atoms with Crippen LogP contribution in [0.1, 0.15) is 54.9 Å². The molecule has 1 fully saturated rings. The smallest absolute Gasteiger partial charge is 0.245 e. The van der Waals surface area contributed by atoms with E-state index in [4.69, 9.17) is 11.6 Å². The number of allylic oxidation sites excluding steroid dienone is 5. The average molecular weight is 480 g/mol. The lowest BCUT2D eigenvalue weighted by Crippen LogP contribution is -2.57. The van der Waals surface area contributed by atoms with Crippen LogP contribution < -0.4 is 5.32 Å². The standard InChI is InChI=1S/C25H36ClN3O2.CH4.H2O/c1-16(2)22(28-23(30)19-7-6-17(3)27-14-19)24(31)29-13-12-21(25(4,5)15-29)18-8-10-20(26)11-9-18;;/h6-8,10-11,16,18-19,21-22H,9,12-15H2,1-5H3,(H,28,30);1H4;1H2/t18?,19?,21-,22-;;/m1../s1. The first-order chi connectivity index (χ1) is 14.6. The lowest BCUT2D eigenvalue weighted by Gasteiger charge is -2.48. The second-order valence-electron chi connectivity index (χ2n) is 10.2. The highest BCUT2D eigenvalue weighted by molar-refractivity contribution is 6.31. The number of hydrogen-bond donors (Lipinski definition) is 1. The molecule has 1 saturated heterocycles. The molecule has 186 valence electrons. The van der Waals surface area contributed by atoms with Gasteiger partial charge in [0.15, 0.2) is 0 Å². The molecule has 33 heavy (non-hydrogen) atoms. The number of amides is 2. The SMILES string of the molecule is C.CC1=NCC(C(=O)N[C@@H](C(=O)N2CC[C@H](C3C=CC(Cl)=CC3)C(C)(C)C2)C(C)C)C=C1.O. The van der Waals surface area contributed by atoms with Crippen LogP contribution in [0.25, 0.3) is 0 Å². The van der Waals surface area contributed by atoms with E-state index in [1.807, 2.05) is 43.9 Å². The summed E-state index contributed by atoms with van der Waals surface area (Å²) in [6.07, 6.45) is 12.0. The predicted molar refractivity (Wildman–Crippen MR) is 137 cm³/mol. The van der Waals surface area contributed by atoms with Crippen molar-refractivity contribution in [2.75, 3.05) is 19.6 Å². The van der Waals surface area contributed by atoms with Crippen LogP contribution in [0.3, 0.4) is 0 Å². The second-order valence-corrected chi connectivity index (χ2v) is 10.6. The number of nitrogens with one attached hydrogen (secondary N) is 1. The molecule has 4 atom stereocenters. The van der Waals surface area contributed by atoms with E-state index in [0.29, 0.717) is 24.9 Å². The first-order valence-corrected chi connectivity index (χ1v) is 11.8. The fraction of sp³-hybridized carbons (Fsp3) is 0.654. The predicted octanol–water partition coefficient (Wildman–Crippen LogP) is 4.16. The third-order valence-corrected chi connectivity index (χ3v) is 7.18. The van der Waals surface area contributed by atoms with Crippen LogP contribution in [-0.2, 0) is 9.59 Å². The number of carbonyl (C=O) groups excluding carboxylic acids is 2. The van der Waals surface area contributed by atoms with Gasteiger partial charge in [-0.3, -0.25) is 14.6 Å². The van der Waals surface area contributed by atoms with Crippen molar-refractivity contribution in [1.29, 1.82) is 0 Å². The summed E-state index contributed by atoms with van der Waals surface area (Å²) in [5, 5.41) is 3.83. The Hall–Kier alpha value is -1.92. The molecule has 0 radical (unpaired) electrons. The number of hydrogen-bond acceptors (Lipinski definition) is 3. The number of rotatable bonds is 5. The van der Waals surface area contributed by atoms with Gasteiger partial charge < -0.3 is 15.7 Å². The maximum Gasteiger partial charge on any atom is 0.245 e. The molecule has 0 aromatic heterocycles. The minimum absolute atomic E-state index is 0. The molecule has 0 aromatic rings. The number of aliphatic imine (C=N–C) groups is 1. The number of likely N-dealkylation sites (tertiary alicyclic amines) is 1. The van der Waals surface area contributed by atoms with E-state index in [-0.39, 0.29) is 42.0 Å². The van der Waals surface area contributed by atoms with E-state index < -0.39 is 6.04 Å². The van der Waals surface area contributed by atoms with Crippen molar-refractivity contribution in [3.63, 3.8) is 0 Å². The lowest BCUT2D eigenvalue weighted by molar-refractivity contribution is -0.142. The van der Waals surface area contributed by atoms with Crippen molar-refractivity contribution in [2.24, 2.45) is 34.1 Å². The van der Waals surface area contributed by atoms with Crippen LogP contribution in [0.5, 0.6) is 0 Å². The normalized spacial score (nSPS) is 27.0. The first kappa shape index (κ1) is 29.1. The van der Waals surface area contributed by atoms with Crippen LogP contribution >= 0.6 is 11.6 Å². The summed E-state index contributed by atoms with van der Waals surface area (Å²) in [7, 11) is 0. The molecule has 1 aliphatic carbocycles. The molecule has 3 N–H and O–H groups in total. The monoisotopic (exact) mass is 479 g/mol. The summed E-state index contributed by atoms with van der Waals surface area (Å²) in [5.74, 6) is 0.564. The molecular weight excluding hydrogens is 438 g/mol. The Balaban J connectivity index is 0.00000272. The summed E-state index contributed by atoms with van der Waals surface area (Å²) >= 11 is 6.10. The Morgan fingerprint density at radius 2 is 1.94 bits per heavy atom. The molecule has 2 amide bonds. The Bertz CT molecular complexity index is 829. The Kier molecular flexibility index (Phi) is 10.6. The van der Waals surface area contributed by atoms with Crippen molar-refractivity contribution < 1.29 is 15.1 Å². The summed E-state index contributed by atoms with van der Waals surface area (Å²) < 4.78 is 0. The summed E-state index contributed by atoms with van der Waals surface area (Å²) in [6.45, 7) is 12.3. The fourth-order valence-corrected chi connectivity index (χ4v) is 5.18. The minimum Gasteiger partial charge on any atom is -0.412 e. The molecule has 3 aliphatic rings. The van der Waals surface area contributed by atoms with Crippen molar-refractivity contribution in [3.8, 4) is 0 Å². The van der Waals surface area contributed by atoms with Crippen LogP contribution in [0, 0.1) is 29.1 Å². The van der Waals surface area contributed by atoms with Gasteiger partial charge in [0, 0.05) is 23.8 Å². The molecule has 2 aliphatic heterocycles. The summed E-state index contributed by atoms with van der Waals surface area (Å²) in [4.78, 5) is 32.5. The highest BCUT2D eigenvalue weighted by atomic mass is 35.5. The van der Waals surface area contributed by atoms with E-state index in [1.165, 1.54) is 0 Å². The van der Waals surface area contributed by atoms with E-state index in [9.17, 15) is 9.59 Å². The molecule has 6 nitrogen and oxygen atoms in total. The number of carbonyl (C=O) groups is 2. The number of dihydropyridines is 1. The average Bonchev–Trinajstić information content (AvgIpc) is 2.72. The zero-order valence-corrected chi connectivity index (χ0v) is 20.7. The lowest BCUT2D eigenvalue weighted by atomic mass is 9.66. The molecule has 2 heterocycles. The number of nitrogens with zero attached hydrogens (tertiary/aromatic N) is 2. The zero-order chi connectivity index (χ0) is 22.8. The van der Waals surface area contributed by atoms with E-state index in [0.717, 1.165) is 30.1 Å². The van der Waals surface area contributed by atoms with Crippen LogP contribution in [0.2, 0.25) is 0 Å². The summed E-state index contributed by atoms with van der Waals surface area (Å²) in [5.41, 5.74) is 0.918. The fourth-order valence-electron chi connectivity index (χ4n) is 5.02. The third kappa shape index (κ3) is 7.03. The van der Waals surface area contributed by atoms with Gasteiger partial charge in [-0.1, -0.05) is 65.0 Å². The van der Waals surface area contributed by atoms with Gasteiger partial charge in [-0.25, -0.2) is 0 Å². The van der Waals surface area contributed by atoms with E-state index in [2.05, 4.69) is 36.3 Å². The number of piperidine rings is 1.